The number of aromatic nitrogens is 2. The van der Waals surface area contributed by atoms with Crippen molar-refractivity contribution in [1.82, 2.24) is 57.4 Å². The zero-order chi connectivity index (χ0) is 58.3. The van der Waals surface area contributed by atoms with Crippen molar-refractivity contribution in [1.29, 1.82) is 0 Å². The minimum Gasteiger partial charge on any atom is -0.481 e. The first-order chi connectivity index (χ1) is 36.1. The maximum Gasteiger partial charge on any atom is 0.326 e. The Morgan fingerprint density at radius 3 is 1.69 bits per heavy atom. The Morgan fingerprint density at radius 1 is 0.649 bits per heavy atom. The van der Waals surface area contributed by atoms with Crippen LogP contribution in [0, 0.1) is 11.8 Å². The first kappa shape index (κ1) is 65.8. The van der Waals surface area contributed by atoms with E-state index >= 15 is 0 Å². The van der Waals surface area contributed by atoms with Crippen LogP contribution in [0.15, 0.2) is 12.5 Å². The predicted octanol–water partition coefficient (Wildman–Crippen LogP) is -3.79. The Morgan fingerprint density at radius 2 is 1.18 bits per heavy atom. The number of unbranched alkanes of at least 4 members (excludes halogenated alkanes) is 1. The number of aliphatic carboxylic acids is 3. The number of nitrogens with zero attached hydrogens (tertiary/aromatic N) is 2. The van der Waals surface area contributed by atoms with Crippen LogP contribution in [0.3, 0.4) is 0 Å². The van der Waals surface area contributed by atoms with Crippen molar-refractivity contribution >= 4 is 71.1 Å². The summed E-state index contributed by atoms with van der Waals surface area (Å²) in [5.74, 6) is -13.0. The fourth-order valence-corrected chi connectivity index (χ4v) is 8.05. The molecule has 0 saturated carbocycles. The van der Waals surface area contributed by atoms with Crippen molar-refractivity contribution in [3.05, 3.63) is 18.2 Å². The Bertz CT molecular complexity index is 2210. The lowest BCUT2D eigenvalue weighted by Crippen LogP contribution is -2.62. The number of carboxylic acid groups (broad SMARTS) is 3. The van der Waals surface area contributed by atoms with Gasteiger partial charge in [0.15, 0.2) is 0 Å². The lowest BCUT2D eigenvalue weighted by atomic mass is 10.00. The number of carbonyl (C=O) groups excluding carboxylic acids is 9. The molecule has 17 N–H and O–H groups in total. The molecule has 0 bridgehead atoms. The summed E-state index contributed by atoms with van der Waals surface area (Å²) in [6, 6.07) is -13.9. The van der Waals surface area contributed by atoms with E-state index in [1.807, 2.05) is 0 Å². The number of carboxylic acids is 3. The molecule has 1 fully saturated rings. The summed E-state index contributed by atoms with van der Waals surface area (Å²) in [5, 5.41) is 59.3. The summed E-state index contributed by atoms with van der Waals surface area (Å²) in [6.07, 6.45) is -0.582. The largest absolute Gasteiger partial charge is 0.481 e. The lowest BCUT2D eigenvalue weighted by Gasteiger charge is -2.32. The lowest BCUT2D eigenvalue weighted by molar-refractivity contribution is -0.145. The van der Waals surface area contributed by atoms with E-state index < -0.39 is 169 Å². The quantitative estimate of drug-likeness (QED) is 0.0295. The van der Waals surface area contributed by atoms with E-state index in [2.05, 4.69) is 52.5 Å². The molecule has 77 heavy (non-hydrogen) atoms. The third-order valence-electron chi connectivity index (χ3n) is 12.4. The van der Waals surface area contributed by atoms with E-state index in [-0.39, 0.29) is 51.1 Å². The molecule has 29 heteroatoms. The summed E-state index contributed by atoms with van der Waals surface area (Å²) >= 11 is 0. The number of aliphatic hydroxyl groups excluding tert-OH is 1. The SMILES string of the molecule is CC(C)C[C@H](NC(=O)[C@H](Cc1cnc[nH]1)NC(=O)[C@@H](NC(=O)[C@H](C)NC(=O)[C@H](C)N)C(C)C)C(=O)N[C@H](C(=O)N1CCC[C@H]1C(=O)N[C@@H](CCC(=O)O)C(=O)N[C@@H](CCC(=O)O)C(=O)N[C@@H](CCCCN)C(=O)O)[C@@H](C)O. The molecule has 1 aromatic rings. The topological polar surface area (TPSA) is 466 Å². The first-order valence-electron chi connectivity index (χ1n) is 25.6. The molecular weight excluding hydrogens is 1010 g/mol. The van der Waals surface area contributed by atoms with E-state index in [1.54, 1.807) is 27.7 Å². The minimum absolute atomic E-state index is 0.00430. The van der Waals surface area contributed by atoms with Gasteiger partial charge in [-0.3, -0.25) is 52.7 Å². The van der Waals surface area contributed by atoms with Crippen molar-refractivity contribution in [2.45, 2.75) is 186 Å². The molecule has 29 nitrogen and oxygen atoms in total. The second-order valence-corrected chi connectivity index (χ2v) is 19.9. The molecule has 432 valence electrons. The number of nitrogens with two attached hydrogens (primary N) is 2. The van der Waals surface area contributed by atoms with Gasteiger partial charge in [0, 0.05) is 37.7 Å². The molecule has 0 aliphatic carbocycles. The highest BCUT2D eigenvalue weighted by atomic mass is 16.4. The van der Waals surface area contributed by atoms with Crippen LogP contribution in [0.4, 0.5) is 0 Å². The molecule has 1 aliphatic heterocycles. The Balaban J connectivity index is 2.38. The summed E-state index contributed by atoms with van der Waals surface area (Å²) < 4.78 is 0. The van der Waals surface area contributed by atoms with Gasteiger partial charge in [-0.2, -0.15) is 0 Å². The second kappa shape index (κ2) is 32.3. The van der Waals surface area contributed by atoms with Crippen molar-refractivity contribution in [2.75, 3.05) is 13.1 Å². The van der Waals surface area contributed by atoms with Gasteiger partial charge in [-0.05, 0) is 90.5 Å². The highest BCUT2D eigenvalue weighted by Gasteiger charge is 2.42. The second-order valence-electron chi connectivity index (χ2n) is 19.9. The van der Waals surface area contributed by atoms with Gasteiger partial charge in [0.25, 0.3) is 0 Å². The molecule has 2 heterocycles. The van der Waals surface area contributed by atoms with Crippen molar-refractivity contribution < 1.29 is 78.0 Å². The fraction of sp³-hybridized carbons (Fsp3) is 0.688. The smallest absolute Gasteiger partial charge is 0.326 e. The molecule has 0 radical (unpaired) electrons. The van der Waals surface area contributed by atoms with Crippen molar-refractivity contribution in [2.24, 2.45) is 23.3 Å². The Labute approximate surface area is 445 Å². The summed E-state index contributed by atoms with van der Waals surface area (Å²) in [7, 11) is 0. The number of hydrogen-bond acceptors (Lipinski definition) is 16. The van der Waals surface area contributed by atoms with Crippen LogP contribution < -0.4 is 54.0 Å². The molecule has 1 aliphatic rings. The molecule has 0 unspecified atom stereocenters. The minimum atomic E-state index is -1.73. The number of imidazole rings is 1. The number of likely N-dealkylation sites (tertiary alicyclic amines) is 1. The van der Waals surface area contributed by atoms with Crippen LogP contribution in [0.5, 0.6) is 0 Å². The van der Waals surface area contributed by atoms with Gasteiger partial charge in [-0.1, -0.05) is 27.7 Å². The van der Waals surface area contributed by atoms with Crippen LogP contribution in [0.2, 0.25) is 0 Å². The summed E-state index contributed by atoms with van der Waals surface area (Å²) in [6.45, 7) is 10.9. The maximum atomic E-state index is 14.3. The summed E-state index contributed by atoms with van der Waals surface area (Å²) in [5.41, 5.74) is 11.5. The van der Waals surface area contributed by atoms with Gasteiger partial charge in [0.1, 0.15) is 54.4 Å². The normalized spacial score (nSPS) is 17.1. The maximum absolute atomic E-state index is 14.3. The molecule has 11 atom stereocenters. The highest BCUT2D eigenvalue weighted by Crippen LogP contribution is 2.21. The number of amides is 9. The van der Waals surface area contributed by atoms with Gasteiger partial charge in [0.05, 0.1) is 18.5 Å². The number of aliphatic hydroxyl groups is 1. The molecular formula is C48H79N13O16. The number of carbonyl (C=O) groups is 12. The van der Waals surface area contributed by atoms with E-state index in [9.17, 15) is 78.0 Å². The Hall–Kier alpha value is -7.27. The molecule has 0 spiro atoms. The summed E-state index contributed by atoms with van der Waals surface area (Å²) in [4.78, 5) is 166. The third kappa shape index (κ3) is 22.5. The molecule has 2 rings (SSSR count). The van der Waals surface area contributed by atoms with E-state index in [4.69, 9.17) is 11.5 Å². The van der Waals surface area contributed by atoms with Gasteiger partial charge < -0.3 is 84.3 Å². The van der Waals surface area contributed by atoms with Crippen LogP contribution in [0.1, 0.15) is 118 Å². The van der Waals surface area contributed by atoms with E-state index in [0.29, 0.717) is 18.5 Å². The standard InChI is InChI=1S/C48H79N13O16/c1-23(2)19-32(57-43(71)33(20-28-21-51-22-52-28)58-46(74)37(24(3)4)59-40(68)26(6)53-39(67)25(5)50)44(72)60-38(27(7)62)47(75)61-18-10-12-34(61)45(73)55-30(14-16-36(65)66)41(69)54-29(13-15-35(63)64)42(70)56-31(48(76)77)11-8-9-17-49/h21-27,29-34,37-38,62H,8-20,49-50H2,1-7H3,(H,51,52)(H,53,67)(H,54,69)(H,55,73)(H,56,70)(H,57,71)(H,58,74)(H,59,68)(H,60,72)(H,63,64)(H,65,66)(H,76,77)/t25-,26-,27+,29-,30-,31-,32-,33-,34-,37-,38-/m0/s1. The number of nitrogens with one attached hydrogen (secondary N) is 9. The van der Waals surface area contributed by atoms with Gasteiger partial charge in [-0.25, -0.2) is 9.78 Å². The molecule has 1 aromatic heterocycles. The van der Waals surface area contributed by atoms with Gasteiger partial charge in [0.2, 0.25) is 53.2 Å². The van der Waals surface area contributed by atoms with Crippen molar-refractivity contribution in [3.63, 3.8) is 0 Å². The average Bonchev–Trinajstić information content (AvgIpc) is 4.06. The van der Waals surface area contributed by atoms with Gasteiger partial charge >= 0.3 is 17.9 Å². The monoisotopic (exact) mass is 1090 g/mol. The van der Waals surface area contributed by atoms with Crippen LogP contribution >= 0.6 is 0 Å². The first-order valence-corrected chi connectivity index (χ1v) is 25.6. The van der Waals surface area contributed by atoms with Crippen molar-refractivity contribution in [3.8, 4) is 0 Å². The van der Waals surface area contributed by atoms with Crippen LogP contribution in [0.25, 0.3) is 0 Å². The number of rotatable bonds is 34. The third-order valence-corrected chi connectivity index (χ3v) is 12.4. The van der Waals surface area contributed by atoms with E-state index in [1.165, 1.54) is 33.3 Å². The zero-order valence-electron chi connectivity index (χ0n) is 44.6. The predicted molar refractivity (Wildman–Crippen MR) is 272 cm³/mol. The Kier molecular flexibility index (Phi) is 27.7. The highest BCUT2D eigenvalue weighted by molar-refractivity contribution is 5.99. The molecule has 9 amide bonds. The molecule has 1 saturated heterocycles. The number of hydrogen-bond donors (Lipinski definition) is 15. The average molecular weight is 1090 g/mol. The van der Waals surface area contributed by atoms with Crippen LogP contribution in [-0.4, -0.2) is 186 Å². The molecule has 0 aromatic carbocycles. The fourth-order valence-electron chi connectivity index (χ4n) is 8.05. The van der Waals surface area contributed by atoms with Crippen LogP contribution in [-0.2, 0) is 64.0 Å². The number of aromatic amines is 1. The van der Waals surface area contributed by atoms with Gasteiger partial charge in [-0.15, -0.1) is 0 Å². The number of H-pyrrole nitrogens is 1. The zero-order valence-corrected chi connectivity index (χ0v) is 44.6. The van der Waals surface area contributed by atoms with E-state index in [0.717, 1.165) is 4.90 Å².